The van der Waals surface area contributed by atoms with Crippen molar-refractivity contribution >= 4 is 23.0 Å². The first-order valence-corrected chi connectivity index (χ1v) is 8.15. The average Bonchev–Trinajstić information content (AvgIpc) is 2.88. The van der Waals surface area contributed by atoms with Crippen LogP contribution < -0.4 is 5.32 Å². The summed E-state index contributed by atoms with van der Waals surface area (Å²) in [5.41, 5.74) is 5.08. The summed E-state index contributed by atoms with van der Waals surface area (Å²) in [6.45, 7) is 2.24. The predicted molar refractivity (Wildman–Crippen MR) is 89.8 cm³/mol. The molecule has 2 bridgehead atoms. The molecule has 0 radical (unpaired) electrons. The van der Waals surface area contributed by atoms with E-state index in [1.54, 1.807) is 12.4 Å². The fourth-order valence-corrected chi connectivity index (χ4v) is 3.44. The van der Waals surface area contributed by atoms with E-state index in [0.29, 0.717) is 11.8 Å². The molecule has 0 saturated carbocycles. The lowest BCUT2D eigenvalue weighted by Crippen LogP contribution is -2.39. The zero-order chi connectivity index (χ0) is 18.8. The number of benzene rings is 1. The van der Waals surface area contributed by atoms with E-state index in [9.17, 15) is 9.59 Å². The number of rotatable bonds is 3. The van der Waals surface area contributed by atoms with Crippen LogP contribution in [0, 0.1) is 0 Å². The second kappa shape index (κ2) is 7.32. The van der Waals surface area contributed by atoms with Gasteiger partial charge in [-0.15, -0.1) is 0 Å². The maximum absolute atomic E-state index is 9.77. The van der Waals surface area contributed by atoms with Crippen LogP contribution in [0.4, 0.5) is 0 Å². The molecular weight excluding hydrogens is 342 g/mol. The van der Waals surface area contributed by atoms with Gasteiger partial charge in [-0.1, -0.05) is 0 Å². The second-order valence-corrected chi connectivity index (χ2v) is 6.38. The molecule has 4 unspecified atom stereocenters. The molecule has 4 atom stereocenters. The Kier molecular flexibility index (Phi) is 5.12. The summed E-state index contributed by atoms with van der Waals surface area (Å²) in [7, 11) is 0. The first kappa shape index (κ1) is 18.2. The number of carboxylic acid groups (broad SMARTS) is 2. The van der Waals surface area contributed by atoms with Crippen LogP contribution in [-0.2, 0) is 9.59 Å². The number of nitrogens with one attached hydrogen (secondary N) is 1. The average molecular weight is 361 g/mol. The summed E-state index contributed by atoms with van der Waals surface area (Å²) in [4.78, 5) is 28.3. The van der Waals surface area contributed by atoms with Gasteiger partial charge in [0.05, 0.1) is 11.0 Å². The van der Waals surface area contributed by atoms with Crippen LogP contribution in [0.2, 0.25) is 0 Å². The highest BCUT2D eigenvalue weighted by Gasteiger charge is 2.34. The van der Waals surface area contributed by atoms with Crippen molar-refractivity contribution in [2.75, 3.05) is 13.1 Å². The van der Waals surface area contributed by atoms with E-state index in [1.165, 1.54) is 17.5 Å². The SMILES string of the molecule is O=C(O)C(O)C(O)C(=O)O.c1cnc2cc3c(cc2n1)C1CNCC3C1. The number of carboxylic acids is 2. The van der Waals surface area contributed by atoms with E-state index < -0.39 is 24.1 Å². The van der Waals surface area contributed by atoms with Crippen molar-refractivity contribution < 1.29 is 30.0 Å². The van der Waals surface area contributed by atoms with E-state index in [0.717, 1.165) is 24.1 Å². The third-order valence-electron chi connectivity index (χ3n) is 4.71. The highest BCUT2D eigenvalue weighted by Crippen LogP contribution is 2.44. The molecule has 2 aromatic rings. The molecule has 1 aliphatic heterocycles. The Hall–Kier alpha value is -2.62. The minimum Gasteiger partial charge on any atom is -0.479 e. The molecule has 9 nitrogen and oxygen atoms in total. The topological polar surface area (TPSA) is 153 Å². The molecule has 1 aromatic carbocycles. The first-order valence-electron chi connectivity index (χ1n) is 8.15. The van der Waals surface area contributed by atoms with Crippen LogP contribution in [-0.4, -0.2) is 67.6 Å². The molecule has 9 heteroatoms. The zero-order valence-corrected chi connectivity index (χ0v) is 13.7. The fourth-order valence-electron chi connectivity index (χ4n) is 3.44. The van der Waals surface area contributed by atoms with Gasteiger partial charge in [0, 0.05) is 25.5 Å². The molecule has 1 fully saturated rings. The van der Waals surface area contributed by atoms with Gasteiger partial charge in [-0.2, -0.15) is 0 Å². The lowest BCUT2D eigenvalue weighted by atomic mass is 9.98. The molecule has 0 amide bonds. The summed E-state index contributed by atoms with van der Waals surface area (Å²) in [6.07, 6.45) is 0.316. The van der Waals surface area contributed by atoms with Gasteiger partial charge < -0.3 is 25.7 Å². The van der Waals surface area contributed by atoms with Crippen molar-refractivity contribution in [1.82, 2.24) is 15.3 Å². The normalized spacial score (nSPS) is 22.7. The number of aromatic nitrogens is 2. The summed E-state index contributed by atoms with van der Waals surface area (Å²) in [6, 6.07) is 4.49. The largest absolute Gasteiger partial charge is 0.479 e. The minimum absolute atomic E-state index is 0.695. The van der Waals surface area contributed by atoms with Crippen molar-refractivity contribution in [3.8, 4) is 0 Å². The molecule has 1 saturated heterocycles. The highest BCUT2D eigenvalue weighted by atomic mass is 16.4. The minimum atomic E-state index is -2.27. The number of carbonyl (C=O) groups is 2. The van der Waals surface area contributed by atoms with Crippen LogP contribution >= 0.6 is 0 Å². The molecule has 4 rings (SSSR count). The number of fused-ring (bicyclic) bond motifs is 6. The smallest absolute Gasteiger partial charge is 0.335 e. The van der Waals surface area contributed by atoms with Crippen molar-refractivity contribution in [3.05, 3.63) is 35.7 Å². The van der Waals surface area contributed by atoms with Crippen LogP contribution in [0.1, 0.15) is 29.4 Å². The monoisotopic (exact) mass is 361 g/mol. The quantitative estimate of drug-likeness (QED) is 0.495. The molecule has 2 heterocycles. The number of nitrogens with zero attached hydrogens (tertiary/aromatic N) is 2. The summed E-state index contributed by atoms with van der Waals surface area (Å²) in [5.74, 6) is -2.15. The molecule has 0 spiro atoms. The Balaban J connectivity index is 0.000000172. The summed E-state index contributed by atoms with van der Waals surface area (Å²) in [5, 5.41) is 36.0. The predicted octanol–water partition coefficient (Wildman–Crippen LogP) is -0.319. The summed E-state index contributed by atoms with van der Waals surface area (Å²) < 4.78 is 0. The van der Waals surface area contributed by atoms with Gasteiger partial charge in [-0.25, -0.2) is 9.59 Å². The lowest BCUT2D eigenvalue weighted by molar-refractivity contribution is -0.165. The molecule has 138 valence electrons. The Morgan fingerprint density at radius 2 is 1.35 bits per heavy atom. The van der Waals surface area contributed by atoms with Gasteiger partial charge in [-0.3, -0.25) is 9.97 Å². The lowest BCUT2D eigenvalue weighted by Gasteiger charge is -2.19. The van der Waals surface area contributed by atoms with E-state index in [2.05, 4.69) is 27.4 Å². The molecule has 1 aromatic heterocycles. The van der Waals surface area contributed by atoms with Crippen LogP contribution in [0.15, 0.2) is 24.5 Å². The Bertz CT molecular complexity index is 776. The van der Waals surface area contributed by atoms with Gasteiger partial charge in [0.15, 0.2) is 12.2 Å². The standard InChI is InChI=1S/C13H13N3.C4H6O6/c1-2-16-13-5-11-9-3-8(6-14-7-9)10(11)4-12(13)15-1;5-1(3(7)8)2(6)4(9)10/h1-2,4-5,8-9,14H,3,6-7H2;1-2,5-6H,(H,7,8)(H,9,10). The number of aliphatic hydroxyl groups excluding tert-OH is 2. The second-order valence-electron chi connectivity index (χ2n) is 6.38. The third-order valence-corrected chi connectivity index (χ3v) is 4.71. The number of aliphatic carboxylic acids is 2. The van der Waals surface area contributed by atoms with Gasteiger partial charge in [0.25, 0.3) is 0 Å². The van der Waals surface area contributed by atoms with Gasteiger partial charge in [0.1, 0.15) is 0 Å². The van der Waals surface area contributed by atoms with Crippen LogP contribution in [0.5, 0.6) is 0 Å². The Morgan fingerprint density at radius 1 is 0.923 bits per heavy atom. The van der Waals surface area contributed by atoms with Gasteiger partial charge >= 0.3 is 11.9 Å². The van der Waals surface area contributed by atoms with Crippen LogP contribution in [0.25, 0.3) is 11.0 Å². The van der Waals surface area contributed by atoms with Crippen molar-refractivity contribution in [3.63, 3.8) is 0 Å². The first-order chi connectivity index (χ1) is 12.4. The van der Waals surface area contributed by atoms with Crippen molar-refractivity contribution in [2.45, 2.75) is 30.5 Å². The maximum atomic E-state index is 9.77. The van der Waals surface area contributed by atoms with E-state index in [4.69, 9.17) is 20.4 Å². The van der Waals surface area contributed by atoms with E-state index in [1.807, 2.05) is 0 Å². The highest BCUT2D eigenvalue weighted by molar-refractivity contribution is 5.83. The Labute approximate surface area is 148 Å². The maximum Gasteiger partial charge on any atom is 0.335 e. The zero-order valence-electron chi connectivity index (χ0n) is 13.7. The molecule has 1 aliphatic carbocycles. The van der Waals surface area contributed by atoms with Crippen LogP contribution in [0.3, 0.4) is 0 Å². The van der Waals surface area contributed by atoms with E-state index in [-0.39, 0.29) is 0 Å². The van der Waals surface area contributed by atoms with Gasteiger partial charge in [0.2, 0.25) is 0 Å². The third kappa shape index (κ3) is 3.50. The molecule has 26 heavy (non-hydrogen) atoms. The van der Waals surface area contributed by atoms with Crippen molar-refractivity contribution in [1.29, 1.82) is 0 Å². The number of hydrogen-bond donors (Lipinski definition) is 5. The summed E-state index contributed by atoms with van der Waals surface area (Å²) >= 11 is 0. The number of hydrogen-bond acceptors (Lipinski definition) is 7. The molecule has 5 N–H and O–H groups in total. The fraction of sp³-hybridized carbons (Fsp3) is 0.412. The van der Waals surface area contributed by atoms with Crippen molar-refractivity contribution in [2.24, 2.45) is 0 Å². The van der Waals surface area contributed by atoms with Gasteiger partial charge in [-0.05, 0) is 41.5 Å². The van der Waals surface area contributed by atoms with E-state index >= 15 is 0 Å². The number of piperidine rings is 1. The number of aliphatic hydroxyl groups is 2. The molecular formula is C17H19N3O6. The molecule has 2 aliphatic rings. The Morgan fingerprint density at radius 3 is 1.73 bits per heavy atom.